The third-order valence-corrected chi connectivity index (χ3v) is 8.73. The van der Waals surface area contributed by atoms with Gasteiger partial charge in [0.1, 0.15) is 17.2 Å². The summed E-state index contributed by atoms with van der Waals surface area (Å²) in [5, 5.41) is 3.43. The normalized spacial score (nSPS) is 14.3. The van der Waals surface area contributed by atoms with E-state index in [-0.39, 0.29) is 46.9 Å². The molecule has 0 spiro atoms. The van der Waals surface area contributed by atoms with Gasteiger partial charge in [-0.05, 0) is 66.2 Å². The van der Waals surface area contributed by atoms with Crippen molar-refractivity contribution in [3.05, 3.63) is 101 Å². The van der Waals surface area contributed by atoms with E-state index in [1.807, 2.05) is 52.9 Å². The Hall–Kier alpha value is -5.28. The van der Waals surface area contributed by atoms with Crippen LogP contribution in [0.15, 0.2) is 79.0 Å². The predicted molar refractivity (Wildman–Crippen MR) is 187 cm³/mol. The van der Waals surface area contributed by atoms with Gasteiger partial charge in [0, 0.05) is 56.7 Å². The number of carbonyl (C=O) groups is 2. The predicted octanol–water partition coefficient (Wildman–Crippen LogP) is 6.91. The molecule has 0 saturated carbocycles. The van der Waals surface area contributed by atoms with E-state index in [1.54, 1.807) is 18.2 Å². The van der Waals surface area contributed by atoms with Crippen LogP contribution in [0.1, 0.15) is 32.0 Å². The fraction of sp³-hybridized carbons (Fsp3) is 0.250. The number of anilines is 1. The van der Waals surface area contributed by atoms with Gasteiger partial charge < -0.3 is 33.7 Å². The molecule has 0 bridgehead atoms. The molecular formula is C36H33BrF3N5O6. The van der Waals surface area contributed by atoms with Crippen molar-refractivity contribution >= 4 is 45.4 Å². The molecule has 11 nitrogen and oxygen atoms in total. The van der Waals surface area contributed by atoms with Gasteiger partial charge in [0.05, 0.1) is 30.1 Å². The average molecular weight is 769 g/mol. The highest BCUT2D eigenvalue weighted by Gasteiger charge is 2.32. The number of piperazine rings is 1. The van der Waals surface area contributed by atoms with Crippen molar-refractivity contribution in [1.29, 1.82) is 0 Å². The lowest BCUT2D eigenvalue weighted by molar-refractivity contribution is -0.137. The number of fused-ring (bicyclic) bond motifs is 2. The molecule has 1 fully saturated rings. The number of nitrogens with zero attached hydrogens (tertiary/aromatic N) is 4. The maximum Gasteiger partial charge on any atom is 0.416 e. The summed E-state index contributed by atoms with van der Waals surface area (Å²) in [5.74, 6) is 1.37. The number of benzene rings is 3. The minimum absolute atomic E-state index is 0. The Kier molecular flexibility index (Phi) is 10.1. The van der Waals surface area contributed by atoms with E-state index in [4.69, 9.17) is 18.9 Å². The molecule has 0 atom stereocenters. The number of pyridine rings is 1. The second-order valence-electron chi connectivity index (χ2n) is 11.9. The van der Waals surface area contributed by atoms with E-state index in [0.717, 1.165) is 65.8 Å². The molecule has 5 aromatic rings. The standard InChI is InChI=1S/C36H32F3N5O6.BrH/c1-42-28-8-6-26(50-33-10-5-25(19-40-33)41-34(45)27-7-4-24(36(37,38)39)18-31(27)47-2)16-23(28)17-29(42)35(46)44-13-11-43(12-14-44)20-22-3-9-30-32(15-22)49-21-48-30;/h3-10,15-19H,11-14,20-21H2,1-2H3,(H,41,45);1H. The monoisotopic (exact) mass is 767 g/mol. The Balaban J connectivity index is 0.00000448. The van der Waals surface area contributed by atoms with Crippen molar-refractivity contribution < 1.29 is 41.7 Å². The quantitative estimate of drug-likeness (QED) is 0.182. The summed E-state index contributed by atoms with van der Waals surface area (Å²) in [6.45, 7) is 3.73. The van der Waals surface area contributed by atoms with E-state index >= 15 is 0 Å². The van der Waals surface area contributed by atoms with Gasteiger partial charge in [0.25, 0.3) is 11.8 Å². The van der Waals surface area contributed by atoms with Crippen molar-refractivity contribution in [1.82, 2.24) is 19.4 Å². The van der Waals surface area contributed by atoms with Crippen LogP contribution in [0, 0.1) is 0 Å². The molecule has 0 aliphatic carbocycles. The molecule has 7 rings (SSSR count). The zero-order valence-corrected chi connectivity index (χ0v) is 29.2. The first-order valence-corrected chi connectivity index (χ1v) is 15.8. The molecule has 1 saturated heterocycles. The van der Waals surface area contributed by atoms with E-state index in [2.05, 4.69) is 15.2 Å². The zero-order chi connectivity index (χ0) is 35.0. The second-order valence-corrected chi connectivity index (χ2v) is 11.9. The number of aryl methyl sites for hydroxylation is 1. The van der Waals surface area contributed by atoms with Crippen molar-refractivity contribution in [3.8, 4) is 28.9 Å². The number of halogens is 4. The topological polar surface area (TPSA) is 107 Å². The summed E-state index contributed by atoms with van der Waals surface area (Å²) in [6, 6.07) is 19.1. The maximum atomic E-state index is 13.6. The van der Waals surface area contributed by atoms with Gasteiger partial charge in [0.2, 0.25) is 12.7 Å². The Morgan fingerprint density at radius 3 is 2.43 bits per heavy atom. The summed E-state index contributed by atoms with van der Waals surface area (Å²) in [6.07, 6.45) is -3.20. The molecule has 2 aliphatic rings. The number of rotatable bonds is 8. The lowest BCUT2D eigenvalue weighted by Crippen LogP contribution is -2.48. The van der Waals surface area contributed by atoms with E-state index in [9.17, 15) is 22.8 Å². The number of amides is 2. The van der Waals surface area contributed by atoms with E-state index in [1.165, 1.54) is 13.3 Å². The molecule has 1 N–H and O–H groups in total. The Morgan fingerprint density at radius 1 is 0.922 bits per heavy atom. The minimum Gasteiger partial charge on any atom is -0.496 e. The van der Waals surface area contributed by atoms with E-state index in [0.29, 0.717) is 30.2 Å². The zero-order valence-electron chi connectivity index (χ0n) is 27.5. The van der Waals surface area contributed by atoms with Crippen LogP contribution >= 0.6 is 17.0 Å². The number of nitrogens with one attached hydrogen (secondary N) is 1. The van der Waals surface area contributed by atoms with Crippen LogP contribution in [0.3, 0.4) is 0 Å². The Morgan fingerprint density at radius 2 is 1.71 bits per heavy atom. The molecule has 0 radical (unpaired) electrons. The molecule has 2 amide bonds. The lowest BCUT2D eigenvalue weighted by Gasteiger charge is -2.34. The molecular weight excluding hydrogens is 735 g/mol. The van der Waals surface area contributed by atoms with Crippen LogP contribution in [-0.4, -0.2) is 71.2 Å². The van der Waals surface area contributed by atoms with Crippen LogP contribution in [0.2, 0.25) is 0 Å². The number of hydrogen-bond donors (Lipinski definition) is 1. The third-order valence-electron chi connectivity index (χ3n) is 8.73. The number of alkyl halides is 3. The van der Waals surface area contributed by atoms with Gasteiger partial charge >= 0.3 is 6.18 Å². The summed E-state index contributed by atoms with van der Waals surface area (Å²) < 4.78 is 62.9. The van der Waals surface area contributed by atoms with Crippen LogP contribution in [0.4, 0.5) is 18.9 Å². The van der Waals surface area contributed by atoms with Crippen LogP contribution < -0.4 is 24.3 Å². The van der Waals surface area contributed by atoms with Crippen LogP contribution in [0.25, 0.3) is 10.9 Å². The molecule has 2 aliphatic heterocycles. The Bertz CT molecular complexity index is 2080. The highest BCUT2D eigenvalue weighted by molar-refractivity contribution is 8.93. The largest absolute Gasteiger partial charge is 0.496 e. The van der Waals surface area contributed by atoms with Gasteiger partial charge in [-0.1, -0.05) is 6.07 Å². The van der Waals surface area contributed by atoms with Crippen molar-refractivity contribution in [2.75, 3.05) is 45.4 Å². The molecule has 4 heterocycles. The number of ether oxygens (including phenoxy) is 4. The van der Waals surface area contributed by atoms with Crippen LogP contribution in [0.5, 0.6) is 28.9 Å². The molecule has 51 heavy (non-hydrogen) atoms. The second kappa shape index (κ2) is 14.5. The molecule has 266 valence electrons. The number of aromatic nitrogens is 2. The molecule has 15 heteroatoms. The number of hydrogen-bond acceptors (Lipinski definition) is 8. The Labute approximate surface area is 301 Å². The van der Waals surface area contributed by atoms with Gasteiger partial charge in [-0.2, -0.15) is 13.2 Å². The molecule has 2 aromatic heterocycles. The number of methoxy groups -OCH3 is 1. The van der Waals surface area contributed by atoms with Gasteiger partial charge in [-0.3, -0.25) is 14.5 Å². The molecule has 3 aromatic carbocycles. The van der Waals surface area contributed by atoms with E-state index < -0.39 is 17.6 Å². The van der Waals surface area contributed by atoms with Gasteiger partial charge in [-0.15, -0.1) is 17.0 Å². The number of carbonyl (C=O) groups excluding carboxylic acids is 2. The fourth-order valence-electron chi connectivity index (χ4n) is 6.05. The fourth-order valence-corrected chi connectivity index (χ4v) is 6.05. The SMILES string of the molecule is Br.COc1cc(C(F)(F)F)ccc1C(=O)Nc1ccc(Oc2ccc3c(c2)cc(C(=O)N2CCN(Cc4ccc5c(c4)OCO5)CC2)n3C)nc1. The van der Waals surface area contributed by atoms with Crippen molar-refractivity contribution in [2.24, 2.45) is 7.05 Å². The summed E-state index contributed by atoms with van der Waals surface area (Å²) in [5.41, 5.74) is 1.90. The smallest absolute Gasteiger partial charge is 0.416 e. The van der Waals surface area contributed by atoms with Crippen molar-refractivity contribution in [3.63, 3.8) is 0 Å². The van der Waals surface area contributed by atoms with Gasteiger partial charge in [-0.25, -0.2) is 4.98 Å². The first kappa shape index (κ1) is 35.5. The van der Waals surface area contributed by atoms with Crippen LogP contribution in [-0.2, 0) is 19.8 Å². The highest BCUT2D eigenvalue weighted by Crippen LogP contribution is 2.35. The van der Waals surface area contributed by atoms with Gasteiger partial charge in [0.15, 0.2) is 11.5 Å². The lowest BCUT2D eigenvalue weighted by atomic mass is 10.1. The highest BCUT2D eigenvalue weighted by atomic mass is 79.9. The first-order valence-electron chi connectivity index (χ1n) is 15.8. The maximum absolute atomic E-state index is 13.6. The summed E-state index contributed by atoms with van der Waals surface area (Å²) >= 11 is 0. The minimum atomic E-state index is -4.57. The summed E-state index contributed by atoms with van der Waals surface area (Å²) in [7, 11) is 3.05. The third kappa shape index (κ3) is 7.59. The van der Waals surface area contributed by atoms with Crippen molar-refractivity contribution in [2.45, 2.75) is 12.7 Å². The summed E-state index contributed by atoms with van der Waals surface area (Å²) in [4.78, 5) is 34.8. The molecule has 0 unspecified atom stereocenters. The average Bonchev–Trinajstić information content (AvgIpc) is 3.72. The first-order chi connectivity index (χ1) is 24.1.